The average Bonchev–Trinajstić information content (AvgIpc) is 2.44. The summed E-state index contributed by atoms with van der Waals surface area (Å²) in [7, 11) is 0. The lowest BCUT2D eigenvalue weighted by molar-refractivity contribution is 0.758. The van der Waals surface area contributed by atoms with Crippen molar-refractivity contribution in [2.45, 2.75) is 40.2 Å². The van der Waals surface area contributed by atoms with Gasteiger partial charge in [-0.15, -0.1) is 0 Å². The maximum atomic E-state index is 4.28. The van der Waals surface area contributed by atoms with Crippen LogP contribution in [-0.4, -0.2) is 16.0 Å². The zero-order valence-corrected chi connectivity index (χ0v) is 12.6. The smallest absolute Gasteiger partial charge is 0.135 e. The monoisotopic (exact) mass is 270 g/mol. The van der Waals surface area contributed by atoms with Crippen LogP contribution in [0.25, 0.3) is 0 Å². The van der Waals surface area contributed by atoms with Crippen LogP contribution >= 0.6 is 0 Å². The van der Waals surface area contributed by atoms with E-state index in [9.17, 15) is 0 Å². The van der Waals surface area contributed by atoms with Gasteiger partial charge in [0.05, 0.1) is 0 Å². The van der Waals surface area contributed by atoms with Crippen molar-refractivity contribution in [3.63, 3.8) is 0 Å². The van der Waals surface area contributed by atoms with Crippen LogP contribution < -0.4 is 10.6 Å². The van der Waals surface area contributed by atoms with E-state index >= 15 is 0 Å². The molecule has 0 bridgehead atoms. The summed E-state index contributed by atoms with van der Waals surface area (Å²) in [6, 6.07) is 8.55. The van der Waals surface area contributed by atoms with Crippen molar-refractivity contribution in [1.82, 2.24) is 9.97 Å². The van der Waals surface area contributed by atoms with Gasteiger partial charge in [-0.3, -0.25) is 0 Å². The molecule has 1 aromatic carbocycles. The predicted octanol–water partition coefficient (Wildman–Crippen LogP) is 4.05. The van der Waals surface area contributed by atoms with Crippen LogP contribution in [0.15, 0.2) is 30.6 Å². The molecule has 0 radical (unpaired) electrons. The van der Waals surface area contributed by atoms with Crippen molar-refractivity contribution in [2.75, 3.05) is 10.6 Å². The summed E-state index contributed by atoms with van der Waals surface area (Å²) < 4.78 is 0. The number of aryl methyl sites for hydroxylation is 1. The molecule has 20 heavy (non-hydrogen) atoms. The third kappa shape index (κ3) is 3.47. The summed E-state index contributed by atoms with van der Waals surface area (Å²) in [5.74, 6) is 1.65. The number of nitrogens with one attached hydrogen (secondary N) is 2. The lowest BCUT2D eigenvalue weighted by atomic mass is 10.1. The molecule has 106 valence electrons. The van der Waals surface area contributed by atoms with Crippen LogP contribution in [0.5, 0.6) is 0 Å². The Kier molecular flexibility index (Phi) is 4.56. The largest absolute Gasteiger partial charge is 0.367 e. The Balaban J connectivity index is 2.17. The van der Waals surface area contributed by atoms with Crippen LogP contribution in [0.1, 0.15) is 31.4 Å². The van der Waals surface area contributed by atoms with Crippen molar-refractivity contribution < 1.29 is 0 Å². The summed E-state index contributed by atoms with van der Waals surface area (Å²) in [6.45, 7) is 8.50. The maximum absolute atomic E-state index is 4.28. The fraction of sp³-hybridized carbons (Fsp3) is 0.375. The van der Waals surface area contributed by atoms with E-state index < -0.39 is 0 Å². The second-order valence-electron chi connectivity index (χ2n) is 5.11. The van der Waals surface area contributed by atoms with Crippen molar-refractivity contribution in [3.05, 3.63) is 41.7 Å². The van der Waals surface area contributed by atoms with E-state index in [0.717, 1.165) is 23.7 Å². The van der Waals surface area contributed by atoms with Gasteiger partial charge >= 0.3 is 0 Å². The van der Waals surface area contributed by atoms with E-state index in [1.807, 2.05) is 12.1 Å². The fourth-order valence-electron chi connectivity index (χ4n) is 1.88. The number of aromatic nitrogens is 2. The molecule has 1 aromatic heterocycles. The molecule has 2 rings (SSSR count). The lowest BCUT2D eigenvalue weighted by Gasteiger charge is -2.14. The minimum absolute atomic E-state index is 0.401. The molecule has 0 aliphatic carbocycles. The van der Waals surface area contributed by atoms with Crippen LogP contribution in [0.2, 0.25) is 0 Å². The third-order valence-corrected chi connectivity index (χ3v) is 3.54. The maximum Gasteiger partial charge on any atom is 0.135 e. The van der Waals surface area contributed by atoms with Gasteiger partial charge in [0.2, 0.25) is 0 Å². The molecule has 0 fully saturated rings. The molecule has 0 saturated carbocycles. The van der Waals surface area contributed by atoms with E-state index in [0.29, 0.717) is 6.04 Å². The van der Waals surface area contributed by atoms with Gasteiger partial charge in [0, 0.05) is 17.8 Å². The second kappa shape index (κ2) is 6.37. The predicted molar refractivity (Wildman–Crippen MR) is 84.6 cm³/mol. The SMILES string of the molecule is CCC(C)Nc1cc(Nc2cccc(C)c2C)ncn1. The third-order valence-electron chi connectivity index (χ3n) is 3.54. The van der Waals surface area contributed by atoms with Crippen molar-refractivity contribution in [1.29, 1.82) is 0 Å². The number of benzene rings is 1. The summed E-state index contributed by atoms with van der Waals surface area (Å²) in [5, 5.41) is 6.71. The molecule has 0 saturated heterocycles. The Morgan fingerprint density at radius 3 is 2.65 bits per heavy atom. The van der Waals surface area contributed by atoms with Crippen LogP contribution in [0.3, 0.4) is 0 Å². The van der Waals surface area contributed by atoms with Gasteiger partial charge in [0.15, 0.2) is 0 Å². The average molecular weight is 270 g/mol. The van der Waals surface area contributed by atoms with Gasteiger partial charge in [-0.25, -0.2) is 9.97 Å². The molecule has 0 amide bonds. The second-order valence-corrected chi connectivity index (χ2v) is 5.11. The highest BCUT2D eigenvalue weighted by Crippen LogP contribution is 2.22. The van der Waals surface area contributed by atoms with Crippen molar-refractivity contribution >= 4 is 17.3 Å². The molecule has 4 heteroatoms. The summed E-state index contributed by atoms with van der Waals surface area (Å²) in [5.41, 5.74) is 3.59. The molecule has 1 unspecified atom stereocenters. The number of hydrogen-bond acceptors (Lipinski definition) is 4. The van der Waals surface area contributed by atoms with Crippen molar-refractivity contribution in [3.8, 4) is 0 Å². The van der Waals surface area contributed by atoms with Gasteiger partial charge in [-0.2, -0.15) is 0 Å². The molecule has 0 aliphatic rings. The van der Waals surface area contributed by atoms with Gasteiger partial charge in [0.1, 0.15) is 18.0 Å². The minimum atomic E-state index is 0.401. The lowest BCUT2D eigenvalue weighted by Crippen LogP contribution is -2.14. The first-order valence-electron chi connectivity index (χ1n) is 7.02. The molecular weight excluding hydrogens is 248 g/mol. The molecule has 2 N–H and O–H groups in total. The molecular formula is C16H22N4. The highest BCUT2D eigenvalue weighted by atomic mass is 15.1. The van der Waals surface area contributed by atoms with E-state index in [-0.39, 0.29) is 0 Å². The van der Waals surface area contributed by atoms with Gasteiger partial charge < -0.3 is 10.6 Å². The Hall–Kier alpha value is -2.10. The normalized spacial score (nSPS) is 12.0. The van der Waals surface area contributed by atoms with Crippen molar-refractivity contribution in [2.24, 2.45) is 0 Å². The summed E-state index contributed by atoms with van der Waals surface area (Å²) in [6.07, 6.45) is 2.64. The Morgan fingerprint density at radius 1 is 1.15 bits per heavy atom. The number of anilines is 3. The summed E-state index contributed by atoms with van der Waals surface area (Å²) in [4.78, 5) is 8.52. The highest BCUT2D eigenvalue weighted by Gasteiger charge is 2.05. The first-order valence-corrected chi connectivity index (χ1v) is 7.02. The standard InChI is InChI=1S/C16H22N4/c1-5-12(3)19-15-9-16(18-10-17-15)20-14-8-6-7-11(2)13(14)4/h6-10,12H,5H2,1-4H3,(H2,17,18,19,20). The molecule has 0 spiro atoms. The highest BCUT2D eigenvalue weighted by molar-refractivity contribution is 5.63. The van der Waals surface area contributed by atoms with E-state index in [4.69, 9.17) is 0 Å². The number of hydrogen-bond donors (Lipinski definition) is 2. The van der Waals surface area contributed by atoms with Gasteiger partial charge in [0.25, 0.3) is 0 Å². The Labute approximate surface area is 120 Å². The quantitative estimate of drug-likeness (QED) is 0.860. The van der Waals surface area contributed by atoms with Gasteiger partial charge in [-0.05, 0) is 44.4 Å². The number of rotatable bonds is 5. The van der Waals surface area contributed by atoms with E-state index in [1.165, 1.54) is 11.1 Å². The fourth-order valence-corrected chi connectivity index (χ4v) is 1.88. The van der Waals surface area contributed by atoms with Gasteiger partial charge in [-0.1, -0.05) is 19.1 Å². The molecule has 1 atom stereocenters. The molecule has 2 aromatic rings. The topological polar surface area (TPSA) is 49.8 Å². The Bertz CT molecular complexity index is 580. The number of nitrogens with zero attached hydrogens (tertiary/aromatic N) is 2. The van der Waals surface area contributed by atoms with E-state index in [2.05, 4.69) is 60.4 Å². The van der Waals surface area contributed by atoms with E-state index in [1.54, 1.807) is 6.33 Å². The van der Waals surface area contributed by atoms with Crippen LogP contribution in [-0.2, 0) is 0 Å². The Morgan fingerprint density at radius 2 is 1.90 bits per heavy atom. The molecule has 1 heterocycles. The molecule has 0 aliphatic heterocycles. The van der Waals surface area contributed by atoms with Crippen LogP contribution in [0, 0.1) is 13.8 Å². The zero-order chi connectivity index (χ0) is 14.5. The molecule has 4 nitrogen and oxygen atoms in total. The zero-order valence-electron chi connectivity index (χ0n) is 12.6. The van der Waals surface area contributed by atoms with Crippen LogP contribution in [0.4, 0.5) is 17.3 Å². The first-order chi connectivity index (χ1) is 9.60. The minimum Gasteiger partial charge on any atom is -0.367 e. The summed E-state index contributed by atoms with van der Waals surface area (Å²) >= 11 is 0. The first kappa shape index (κ1) is 14.3.